The number of likely N-dealkylation sites (tertiary alicyclic amines) is 1. The number of primary amides is 1. The molecule has 7 nitrogen and oxygen atoms in total. The van der Waals surface area contributed by atoms with Crippen molar-refractivity contribution >= 4 is 23.4 Å². The van der Waals surface area contributed by atoms with Crippen molar-refractivity contribution in [3.8, 4) is 0 Å². The molecule has 0 bridgehead atoms. The molecule has 0 saturated carbocycles. The summed E-state index contributed by atoms with van der Waals surface area (Å²) >= 11 is 0. The third-order valence-corrected chi connectivity index (χ3v) is 5.25. The van der Waals surface area contributed by atoms with Crippen LogP contribution in [0.2, 0.25) is 0 Å². The standard InChI is InChI=1S/C22H26N4O3/c23-18(15-6-2-1-3-7-15)14-20(27)25-19-9-5-4-8-17(19)22(29)26-12-10-16(11-13-26)21(24)28/h1-9,16,18H,10-14,23H2,(H2,24,28)(H,25,27). The number of nitrogens with one attached hydrogen (secondary N) is 1. The molecule has 3 amide bonds. The van der Waals surface area contributed by atoms with E-state index in [1.165, 1.54) is 0 Å². The van der Waals surface area contributed by atoms with Gasteiger partial charge in [-0.25, -0.2) is 0 Å². The summed E-state index contributed by atoms with van der Waals surface area (Å²) in [6.45, 7) is 0.932. The summed E-state index contributed by atoms with van der Waals surface area (Å²) in [6, 6.07) is 15.9. The summed E-state index contributed by atoms with van der Waals surface area (Å²) in [5.41, 5.74) is 13.2. The fourth-order valence-electron chi connectivity index (χ4n) is 3.54. The topological polar surface area (TPSA) is 119 Å². The van der Waals surface area contributed by atoms with Gasteiger partial charge >= 0.3 is 0 Å². The molecule has 5 N–H and O–H groups in total. The second-order valence-electron chi connectivity index (χ2n) is 7.28. The number of piperidine rings is 1. The van der Waals surface area contributed by atoms with Gasteiger partial charge in [0.05, 0.1) is 11.3 Å². The van der Waals surface area contributed by atoms with Crippen molar-refractivity contribution in [3.63, 3.8) is 0 Å². The van der Waals surface area contributed by atoms with E-state index in [0.717, 1.165) is 5.56 Å². The van der Waals surface area contributed by atoms with Gasteiger partial charge in [0.25, 0.3) is 5.91 Å². The first-order chi connectivity index (χ1) is 14.0. The number of amides is 3. The SMILES string of the molecule is NC(=O)C1CCN(C(=O)c2ccccc2NC(=O)CC(N)c2ccccc2)CC1. The number of nitrogens with zero attached hydrogens (tertiary/aromatic N) is 1. The van der Waals surface area contributed by atoms with Gasteiger partial charge in [-0.15, -0.1) is 0 Å². The van der Waals surface area contributed by atoms with Gasteiger partial charge in [-0.05, 0) is 30.5 Å². The molecule has 1 aliphatic heterocycles. The molecule has 1 fully saturated rings. The first-order valence-corrected chi connectivity index (χ1v) is 9.73. The van der Waals surface area contributed by atoms with Gasteiger partial charge < -0.3 is 21.7 Å². The highest BCUT2D eigenvalue weighted by atomic mass is 16.2. The number of carbonyl (C=O) groups excluding carboxylic acids is 3. The van der Waals surface area contributed by atoms with Gasteiger partial charge in [0.2, 0.25) is 11.8 Å². The monoisotopic (exact) mass is 394 g/mol. The Morgan fingerprint density at radius 1 is 1.00 bits per heavy atom. The Morgan fingerprint density at radius 2 is 1.62 bits per heavy atom. The predicted octanol–water partition coefficient (Wildman–Crippen LogP) is 2.05. The minimum atomic E-state index is -0.424. The van der Waals surface area contributed by atoms with E-state index in [4.69, 9.17) is 11.5 Å². The van der Waals surface area contributed by atoms with Crippen LogP contribution < -0.4 is 16.8 Å². The average Bonchev–Trinajstić information content (AvgIpc) is 2.74. The largest absolute Gasteiger partial charge is 0.369 e. The molecule has 1 unspecified atom stereocenters. The second-order valence-corrected chi connectivity index (χ2v) is 7.28. The summed E-state index contributed by atoms with van der Waals surface area (Å²) in [5.74, 6) is -0.932. The van der Waals surface area contributed by atoms with E-state index in [2.05, 4.69) is 5.32 Å². The van der Waals surface area contributed by atoms with Crippen molar-refractivity contribution in [1.29, 1.82) is 0 Å². The van der Waals surface area contributed by atoms with E-state index in [9.17, 15) is 14.4 Å². The number of hydrogen-bond acceptors (Lipinski definition) is 4. The molecule has 2 aromatic rings. The molecule has 1 heterocycles. The van der Waals surface area contributed by atoms with Gasteiger partial charge in [0.15, 0.2) is 0 Å². The first-order valence-electron chi connectivity index (χ1n) is 9.73. The minimum absolute atomic E-state index is 0.108. The number of para-hydroxylation sites is 1. The van der Waals surface area contributed by atoms with E-state index >= 15 is 0 Å². The highest BCUT2D eigenvalue weighted by Gasteiger charge is 2.27. The highest BCUT2D eigenvalue weighted by molar-refractivity contribution is 6.04. The van der Waals surface area contributed by atoms with Crippen LogP contribution in [0.5, 0.6) is 0 Å². The fraction of sp³-hybridized carbons (Fsp3) is 0.318. The zero-order chi connectivity index (χ0) is 20.8. The Balaban J connectivity index is 1.65. The minimum Gasteiger partial charge on any atom is -0.369 e. The summed E-state index contributed by atoms with van der Waals surface area (Å²) in [6.07, 6.45) is 1.22. The molecule has 2 aromatic carbocycles. The van der Waals surface area contributed by atoms with Crippen LogP contribution in [0.25, 0.3) is 0 Å². The van der Waals surface area contributed by atoms with E-state index in [1.807, 2.05) is 30.3 Å². The Morgan fingerprint density at radius 3 is 2.28 bits per heavy atom. The summed E-state index contributed by atoms with van der Waals surface area (Å²) in [5, 5.41) is 2.82. The molecule has 1 aliphatic rings. The molecule has 7 heteroatoms. The maximum absolute atomic E-state index is 13.0. The lowest BCUT2D eigenvalue weighted by Gasteiger charge is -2.31. The molecule has 1 saturated heterocycles. The lowest BCUT2D eigenvalue weighted by Crippen LogP contribution is -2.42. The van der Waals surface area contributed by atoms with Gasteiger partial charge in [-0.3, -0.25) is 14.4 Å². The lowest BCUT2D eigenvalue weighted by molar-refractivity contribution is -0.123. The zero-order valence-electron chi connectivity index (χ0n) is 16.2. The number of hydrogen-bond donors (Lipinski definition) is 3. The number of rotatable bonds is 6. The van der Waals surface area contributed by atoms with Gasteiger partial charge in [-0.2, -0.15) is 0 Å². The van der Waals surface area contributed by atoms with Crippen LogP contribution in [0, 0.1) is 5.92 Å². The van der Waals surface area contributed by atoms with Crippen molar-refractivity contribution in [2.45, 2.75) is 25.3 Å². The number of benzene rings is 2. The highest BCUT2D eigenvalue weighted by Crippen LogP contribution is 2.23. The molecular formula is C22H26N4O3. The average molecular weight is 394 g/mol. The summed E-state index contributed by atoms with van der Waals surface area (Å²) in [4.78, 5) is 38.5. The Bertz CT molecular complexity index is 877. The van der Waals surface area contributed by atoms with Crippen LogP contribution in [-0.4, -0.2) is 35.7 Å². The third kappa shape index (κ3) is 5.20. The Labute approximate surface area is 170 Å². The number of carbonyl (C=O) groups is 3. The van der Waals surface area contributed by atoms with E-state index < -0.39 is 6.04 Å². The van der Waals surface area contributed by atoms with Crippen LogP contribution in [-0.2, 0) is 9.59 Å². The van der Waals surface area contributed by atoms with Gasteiger partial charge in [0.1, 0.15) is 0 Å². The lowest BCUT2D eigenvalue weighted by atomic mass is 9.95. The van der Waals surface area contributed by atoms with Crippen LogP contribution in [0.1, 0.15) is 41.2 Å². The van der Waals surface area contributed by atoms with Crippen molar-refractivity contribution in [2.24, 2.45) is 17.4 Å². The molecular weight excluding hydrogens is 368 g/mol. The second kappa shape index (κ2) is 9.34. The molecule has 29 heavy (non-hydrogen) atoms. The van der Waals surface area contributed by atoms with E-state index in [1.54, 1.807) is 29.2 Å². The van der Waals surface area contributed by atoms with Crippen LogP contribution in [0.3, 0.4) is 0 Å². The molecule has 0 aromatic heterocycles. The van der Waals surface area contributed by atoms with E-state index in [-0.39, 0.29) is 30.1 Å². The summed E-state index contributed by atoms with van der Waals surface area (Å²) < 4.78 is 0. The smallest absolute Gasteiger partial charge is 0.255 e. The summed E-state index contributed by atoms with van der Waals surface area (Å²) in [7, 11) is 0. The first kappa shape index (κ1) is 20.5. The van der Waals surface area contributed by atoms with Crippen molar-refractivity contribution in [2.75, 3.05) is 18.4 Å². The van der Waals surface area contributed by atoms with Crippen LogP contribution in [0.15, 0.2) is 54.6 Å². The van der Waals surface area contributed by atoms with Crippen molar-refractivity contribution in [3.05, 3.63) is 65.7 Å². The Hall–Kier alpha value is -3.19. The van der Waals surface area contributed by atoms with E-state index in [0.29, 0.717) is 37.2 Å². The molecule has 1 atom stereocenters. The van der Waals surface area contributed by atoms with Crippen LogP contribution in [0.4, 0.5) is 5.69 Å². The molecule has 152 valence electrons. The van der Waals surface area contributed by atoms with Crippen molar-refractivity contribution < 1.29 is 14.4 Å². The Kier molecular flexibility index (Phi) is 6.61. The molecule has 3 rings (SSSR count). The maximum atomic E-state index is 13.0. The number of anilines is 1. The van der Waals surface area contributed by atoms with Gasteiger partial charge in [0, 0.05) is 31.5 Å². The normalized spacial score (nSPS) is 15.6. The molecule has 0 aliphatic carbocycles. The maximum Gasteiger partial charge on any atom is 0.255 e. The van der Waals surface area contributed by atoms with Crippen LogP contribution >= 0.6 is 0 Å². The molecule has 0 spiro atoms. The fourth-order valence-corrected chi connectivity index (χ4v) is 3.54. The number of nitrogens with two attached hydrogens (primary N) is 2. The molecule has 0 radical (unpaired) electrons. The van der Waals surface area contributed by atoms with Crippen molar-refractivity contribution in [1.82, 2.24) is 4.90 Å². The van der Waals surface area contributed by atoms with Gasteiger partial charge in [-0.1, -0.05) is 42.5 Å². The third-order valence-electron chi connectivity index (χ3n) is 5.25. The quantitative estimate of drug-likeness (QED) is 0.695. The zero-order valence-corrected chi connectivity index (χ0v) is 16.2. The predicted molar refractivity (Wildman–Crippen MR) is 111 cm³/mol.